The lowest BCUT2D eigenvalue weighted by atomic mass is 9.94. The molecule has 0 saturated heterocycles. The van der Waals surface area contributed by atoms with Crippen LogP contribution in [0.5, 0.6) is 0 Å². The van der Waals surface area contributed by atoms with Gasteiger partial charge in [-0.25, -0.2) is 0 Å². The molecule has 2 heteroatoms. The van der Waals surface area contributed by atoms with E-state index >= 15 is 0 Å². The molecule has 4 N–H and O–H groups in total. The summed E-state index contributed by atoms with van der Waals surface area (Å²) >= 11 is 0. The molecule has 0 fully saturated rings. The lowest BCUT2D eigenvalue weighted by molar-refractivity contribution is 0.558. The predicted molar refractivity (Wildman–Crippen MR) is 188 cm³/mol. The van der Waals surface area contributed by atoms with Crippen LogP contribution in [0.25, 0.3) is 0 Å². The van der Waals surface area contributed by atoms with E-state index < -0.39 is 0 Å². The standard InChI is InChI=1S/C41H54N2/c1-3-36-30-34(28-32-18-24-40(42)25-19-32)16-22-38(36)14-12-10-8-6-5-7-9-11-13-15-39-23-17-35(31-37(39)4-2)29-33-20-26-41(43)27-21-33/h16-27,30-31H,3-15,28-29,42-43H2,1-2H3. The van der Waals surface area contributed by atoms with Gasteiger partial charge in [-0.15, -0.1) is 0 Å². The van der Waals surface area contributed by atoms with E-state index in [2.05, 4.69) is 74.5 Å². The van der Waals surface area contributed by atoms with Crippen LogP contribution >= 0.6 is 0 Å². The number of hydrogen-bond acceptors (Lipinski definition) is 2. The van der Waals surface area contributed by atoms with Gasteiger partial charge >= 0.3 is 0 Å². The van der Waals surface area contributed by atoms with E-state index in [0.717, 1.165) is 37.1 Å². The number of nitrogen functional groups attached to an aromatic ring is 2. The molecule has 2 nitrogen and oxygen atoms in total. The third kappa shape index (κ3) is 10.9. The smallest absolute Gasteiger partial charge is 0.0314 e. The van der Waals surface area contributed by atoms with E-state index in [1.807, 2.05) is 24.3 Å². The van der Waals surface area contributed by atoms with Crippen LogP contribution in [0, 0.1) is 0 Å². The largest absolute Gasteiger partial charge is 0.399 e. The average Bonchev–Trinajstić information content (AvgIpc) is 3.03. The van der Waals surface area contributed by atoms with Crippen molar-refractivity contribution in [1.29, 1.82) is 0 Å². The molecule has 0 heterocycles. The van der Waals surface area contributed by atoms with Gasteiger partial charge in [-0.2, -0.15) is 0 Å². The van der Waals surface area contributed by atoms with Crippen molar-refractivity contribution in [3.05, 3.63) is 129 Å². The van der Waals surface area contributed by atoms with E-state index in [0.29, 0.717) is 0 Å². The minimum Gasteiger partial charge on any atom is -0.399 e. The minimum absolute atomic E-state index is 0.832. The van der Waals surface area contributed by atoms with Gasteiger partial charge in [0.15, 0.2) is 0 Å². The Morgan fingerprint density at radius 2 is 0.698 bits per heavy atom. The van der Waals surface area contributed by atoms with Crippen LogP contribution in [0.4, 0.5) is 11.4 Å². The molecule has 4 aromatic rings. The van der Waals surface area contributed by atoms with Crippen molar-refractivity contribution >= 4 is 11.4 Å². The fourth-order valence-corrected chi connectivity index (χ4v) is 6.34. The zero-order valence-corrected chi connectivity index (χ0v) is 26.8. The van der Waals surface area contributed by atoms with E-state index in [1.54, 1.807) is 11.1 Å². The molecule has 0 unspecified atom stereocenters. The summed E-state index contributed by atoms with van der Waals surface area (Å²) in [5, 5.41) is 0. The van der Waals surface area contributed by atoms with Crippen molar-refractivity contribution in [2.45, 2.75) is 110 Å². The van der Waals surface area contributed by atoms with Crippen molar-refractivity contribution < 1.29 is 0 Å². The number of aryl methyl sites for hydroxylation is 4. The molecule has 0 bridgehead atoms. The van der Waals surface area contributed by atoms with Crippen molar-refractivity contribution in [1.82, 2.24) is 0 Å². The molecule has 0 spiro atoms. The fraction of sp³-hybridized carbons (Fsp3) is 0.415. The van der Waals surface area contributed by atoms with E-state index in [-0.39, 0.29) is 0 Å². The fourth-order valence-electron chi connectivity index (χ4n) is 6.34. The molecule has 43 heavy (non-hydrogen) atoms. The van der Waals surface area contributed by atoms with E-state index in [1.165, 1.54) is 104 Å². The van der Waals surface area contributed by atoms with Gasteiger partial charge in [-0.3, -0.25) is 0 Å². The van der Waals surface area contributed by atoms with Crippen LogP contribution in [-0.4, -0.2) is 0 Å². The van der Waals surface area contributed by atoms with Gasteiger partial charge in [0.25, 0.3) is 0 Å². The molecule has 228 valence electrons. The normalized spacial score (nSPS) is 11.2. The van der Waals surface area contributed by atoms with Gasteiger partial charge in [0.1, 0.15) is 0 Å². The molecule has 0 aromatic heterocycles. The molecule has 0 aliphatic carbocycles. The minimum atomic E-state index is 0.832. The summed E-state index contributed by atoms with van der Waals surface area (Å²) in [6.07, 6.45) is 18.8. The van der Waals surface area contributed by atoms with Crippen LogP contribution in [-0.2, 0) is 38.5 Å². The second-order valence-electron chi connectivity index (χ2n) is 12.4. The first-order valence-electron chi connectivity index (χ1n) is 16.9. The third-order valence-corrected chi connectivity index (χ3v) is 8.97. The molecule has 0 atom stereocenters. The summed E-state index contributed by atoms with van der Waals surface area (Å²) in [4.78, 5) is 0. The molecule has 0 aliphatic rings. The Labute approximate surface area is 261 Å². The second-order valence-corrected chi connectivity index (χ2v) is 12.4. The molecular formula is C41H54N2. The van der Waals surface area contributed by atoms with Gasteiger partial charge in [0.2, 0.25) is 0 Å². The number of rotatable bonds is 18. The molecule has 4 rings (SSSR count). The highest BCUT2D eigenvalue weighted by atomic mass is 14.5. The summed E-state index contributed by atoms with van der Waals surface area (Å²) in [7, 11) is 0. The van der Waals surface area contributed by atoms with E-state index in [9.17, 15) is 0 Å². The average molecular weight is 575 g/mol. The van der Waals surface area contributed by atoms with Gasteiger partial charge < -0.3 is 11.5 Å². The zero-order valence-electron chi connectivity index (χ0n) is 26.8. The summed E-state index contributed by atoms with van der Waals surface area (Å²) in [6.45, 7) is 4.57. The maximum absolute atomic E-state index is 5.84. The number of benzene rings is 4. The van der Waals surface area contributed by atoms with Crippen molar-refractivity contribution in [3.8, 4) is 0 Å². The van der Waals surface area contributed by atoms with Crippen LogP contribution in [0.2, 0.25) is 0 Å². The van der Waals surface area contributed by atoms with Gasteiger partial charge in [0.05, 0.1) is 0 Å². The molecule has 0 radical (unpaired) electrons. The quantitative estimate of drug-likeness (QED) is 0.0917. The Bertz CT molecular complexity index is 1260. The monoisotopic (exact) mass is 574 g/mol. The lowest BCUT2D eigenvalue weighted by Crippen LogP contribution is -1.97. The zero-order chi connectivity index (χ0) is 30.3. The number of hydrogen-bond donors (Lipinski definition) is 2. The Morgan fingerprint density at radius 1 is 0.372 bits per heavy atom. The summed E-state index contributed by atoms with van der Waals surface area (Å²) < 4.78 is 0. The molecular weight excluding hydrogens is 520 g/mol. The van der Waals surface area contributed by atoms with E-state index in [4.69, 9.17) is 11.5 Å². The Hall–Kier alpha value is -3.52. The highest BCUT2D eigenvalue weighted by molar-refractivity contribution is 5.43. The highest BCUT2D eigenvalue weighted by Crippen LogP contribution is 2.21. The first kappa shape index (κ1) is 32.4. The lowest BCUT2D eigenvalue weighted by Gasteiger charge is -2.11. The van der Waals surface area contributed by atoms with Crippen molar-refractivity contribution in [3.63, 3.8) is 0 Å². The predicted octanol–water partition coefficient (Wildman–Crippen LogP) is 10.5. The molecule has 0 amide bonds. The maximum Gasteiger partial charge on any atom is 0.0314 e. The third-order valence-electron chi connectivity index (χ3n) is 8.97. The Balaban J connectivity index is 1.06. The first-order chi connectivity index (χ1) is 21.0. The van der Waals surface area contributed by atoms with Gasteiger partial charge in [-0.1, -0.05) is 119 Å². The highest BCUT2D eigenvalue weighted by Gasteiger charge is 2.06. The first-order valence-corrected chi connectivity index (χ1v) is 16.9. The maximum atomic E-state index is 5.84. The van der Waals surface area contributed by atoms with Crippen molar-refractivity contribution in [2.24, 2.45) is 0 Å². The molecule has 0 aliphatic heterocycles. The Morgan fingerprint density at radius 3 is 1.05 bits per heavy atom. The number of nitrogens with two attached hydrogens (primary N) is 2. The summed E-state index contributed by atoms with van der Waals surface area (Å²) in [5.74, 6) is 0. The van der Waals surface area contributed by atoms with Crippen LogP contribution in [0.15, 0.2) is 84.9 Å². The molecule has 0 saturated carbocycles. The number of unbranched alkanes of at least 4 members (excludes halogenated alkanes) is 8. The molecule has 4 aromatic carbocycles. The van der Waals surface area contributed by atoms with Crippen LogP contribution < -0.4 is 11.5 Å². The SMILES string of the molecule is CCc1cc(Cc2ccc(N)cc2)ccc1CCCCCCCCCCCc1ccc(Cc2ccc(N)cc2)cc1CC. The second kappa shape index (κ2) is 17.6. The van der Waals surface area contributed by atoms with Crippen LogP contribution in [0.1, 0.15) is 116 Å². The van der Waals surface area contributed by atoms with Crippen molar-refractivity contribution in [2.75, 3.05) is 11.5 Å². The van der Waals surface area contributed by atoms with Crippen LogP contribution in [0.3, 0.4) is 0 Å². The summed E-state index contributed by atoms with van der Waals surface area (Å²) in [5.41, 5.74) is 24.9. The van der Waals surface area contributed by atoms with Gasteiger partial charge in [-0.05, 0) is 120 Å². The Kier molecular flexibility index (Phi) is 13.2. The van der Waals surface area contributed by atoms with Gasteiger partial charge in [0, 0.05) is 11.4 Å². The topological polar surface area (TPSA) is 52.0 Å². The summed E-state index contributed by atoms with van der Waals surface area (Å²) in [6, 6.07) is 30.8. The number of anilines is 2.